The highest BCUT2D eigenvalue weighted by Crippen LogP contribution is 2.28. The lowest BCUT2D eigenvalue weighted by Gasteiger charge is -2.28. The molecule has 0 bridgehead atoms. The smallest absolute Gasteiger partial charge is 0.231 e. The molecular weight excluding hydrogens is 204 g/mol. The zero-order chi connectivity index (χ0) is 12.3. The third-order valence-electron chi connectivity index (χ3n) is 1.89. The third kappa shape index (κ3) is 6.78. The first kappa shape index (κ1) is 13.8. The molecule has 0 aliphatic heterocycles. The van der Waals surface area contributed by atoms with Crippen LogP contribution in [0.2, 0.25) is 0 Å². The number of nitro groups is 2. The van der Waals surface area contributed by atoms with E-state index in [0.717, 1.165) is 0 Å². The van der Waals surface area contributed by atoms with Gasteiger partial charge >= 0.3 is 0 Å². The zero-order valence-electron chi connectivity index (χ0n) is 9.10. The highest BCUT2D eigenvalue weighted by molar-refractivity contribution is 4.81. The highest BCUT2D eigenvalue weighted by Gasteiger charge is 2.37. The van der Waals surface area contributed by atoms with Crippen molar-refractivity contribution in [2.45, 2.75) is 32.8 Å². The van der Waals surface area contributed by atoms with Gasteiger partial charge in [-0.2, -0.15) is 0 Å². The van der Waals surface area contributed by atoms with E-state index in [0.29, 0.717) is 0 Å². The van der Waals surface area contributed by atoms with Gasteiger partial charge in [-0.1, -0.05) is 13.8 Å². The molecule has 0 saturated carbocycles. The fraction of sp³-hybridized carbons (Fsp3) is 1.00. The van der Waals surface area contributed by atoms with Crippen LogP contribution < -0.4 is 0 Å². The predicted molar refractivity (Wildman–Crippen MR) is 52.7 cm³/mol. The molecule has 0 aliphatic rings. The van der Waals surface area contributed by atoms with Crippen molar-refractivity contribution < 1.29 is 15.0 Å². The summed E-state index contributed by atoms with van der Waals surface area (Å²) in [6.45, 7) is 3.60. The Labute approximate surface area is 87.4 Å². The normalized spacial score (nSPS) is 15.7. The fourth-order valence-corrected chi connectivity index (χ4v) is 1.77. The number of hydrogen-bond acceptors (Lipinski definition) is 5. The molecular formula is C8H16N2O5. The minimum absolute atomic E-state index is 0.0158. The van der Waals surface area contributed by atoms with Gasteiger partial charge in [0.05, 0.1) is 0 Å². The van der Waals surface area contributed by atoms with Gasteiger partial charge in [-0.25, -0.2) is 0 Å². The van der Waals surface area contributed by atoms with Gasteiger partial charge in [0.15, 0.2) is 0 Å². The Morgan fingerprint density at radius 1 is 1.07 bits per heavy atom. The SMILES string of the molecule is CC(C)(C[N+](=O)[O-])CC(C)(O)C[N+](=O)[O-]. The topological polar surface area (TPSA) is 107 Å². The van der Waals surface area contributed by atoms with Crippen molar-refractivity contribution in [1.82, 2.24) is 0 Å². The molecule has 1 atom stereocenters. The molecule has 0 aromatic heterocycles. The van der Waals surface area contributed by atoms with Crippen LogP contribution in [0.1, 0.15) is 27.2 Å². The summed E-state index contributed by atoms with van der Waals surface area (Å²) >= 11 is 0. The van der Waals surface area contributed by atoms with Crippen LogP contribution in [-0.4, -0.2) is 33.6 Å². The molecule has 88 valence electrons. The van der Waals surface area contributed by atoms with Crippen molar-refractivity contribution in [2.24, 2.45) is 5.41 Å². The largest absolute Gasteiger partial charge is 0.383 e. The van der Waals surface area contributed by atoms with E-state index in [1.807, 2.05) is 0 Å². The molecule has 15 heavy (non-hydrogen) atoms. The van der Waals surface area contributed by atoms with Crippen molar-refractivity contribution in [1.29, 1.82) is 0 Å². The van der Waals surface area contributed by atoms with Gasteiger partial charge in [-0.05, 0) is 13.3 Å². The number of nitrogens with zero attached hydrogens (tertiary/aromatic N) is 2. The molecule has 0 aliphatic carbocycles. The predicted octanol–water partition coefficient (Wildman–Crippen LogP) is 0.707. The molecule has 0 aromatic carbocycles. The first-order valence-electron chi connectivity index (χ1n) is 4.50. The van der Waals surface area contributed by atoms with Gasteiger partial charge in [0.2, 0.25) is 13.1 Å². The van der Waals surface area contributed by atoms with Crippen LogP contribution in [0.3, 0.4) is 0 Å². The van der Waals surface area contributed by atoms with Gasteiger partial charge in [0.25, 0.3) is 0 Å². The molecule has 0 aromatic rings. The van der Waals surface area contributed by atoms with Crippen LogP contribution in [0, 0.1) is 25.6 Å². The minimum atomic E-state index is -1.51. The van der Waals surface area contributed by atoms with E-state index in [4.69, 9.17) is 0 Å². The van der Waals surface area contributed by atoms with Crippen molar-refractivity contribution >= 4 is 0 Å². The third-order valence-corrected chi connectivity index (χ3v) is 1.89. The van der Waals surface area contributed by atoms with Gasteiger partial charge < -0.3 is 5.11 Å². The van der Waals surface area contributed by atoms with Crippen LogP contribution in [-0.2, 0) is 0 Å². The Balaban J connectivity index is 4.42. The molecule has 7 heteroatoms. The number of hydrogen-bond donors (Lipinski definition) is 1. The zero-order valence-corrected chi connectivity index (χ0v) is 9.10. The monoisotopic (exact) mass is 220 g/mol. The Hall–Kier alpha value is -1.24. The van der Waals surface area contributed by atoms with Gasteiger partial charge in [0.1, 0.15) is 5.60 Å². The first-order valence-corrected chi connectivity index (χ1v) is 4.50. The second kappa shape index (κ2) is 4.52. The quantitative estimate of drug-likeness (QED) is 0.524. The molecule has 1 unspecified atom stereocenters. The second-order valence-electron chi connectivity index (χ2n) is 4.82. The van der Waals surface area contributed by atoms with Crippen molar-refractivity contribution in [3.05, 3.63) is 20.2 Å². The van der Waals surface area contributed by atoms with Crippen molar-refractivity contribution in [3.8, 4) is 0 Å². The summed E-state index contributed by atoms with van der Waals surface area (Å²) in [5.74, 6) is 0. The van der Waals surface area contributed by atoms with E-state index in [2.05, 4.69) is 0 Å². The van der Waals surface area contributed by atoms with Crippen molar-refractivity contribution in [2.75, 3.05) is 13.1 Å². The summed E-state index contributed by atoms with van der Waals surface area (Å²) in [6.07, 6.45) is 0.0158. The molecule has 0 radical (unpaired) electrons. The maximum absolute atomic E-state index is 10.3. The van der Waals surface area contributed by atoms with Crippen molar-refractivity contribution in [3.63, 3.8) is 0 Å². The van der Waals surface area contributed by atoms with Crippen LogP contribution in [0.4, 0.5) is 0 Å². The number of aliphatic hydroxyl groups is 1. The Kier molecular flexibility index (Phi) is 4.15. The summed E-state index contributed by atoms with van der Waals surface area (Å²) in [7, 11) is 0. The highest BCUT2D eigenvalue weighted by atomic mass is 16.6. The first-order chi connectivity index (χ1) is 6.54. The fourth-order valence-electron chi connectivity index (χ4n) is 1.77. The van der Waals surface area contributed by atoms with E-state index >= 15 is 0 Å². The number of rotatable bonds is 6. The Morgan fingerprint density at radius 3 is 1.80 bits per heavy atom. The second-order valence-corrected chi connectivity index (χ2v) is 4.82. The molecule has 0 fully saturated rings. The Morgan fingerprint density at radius 2 is 1.47 bits per heavy atom. The average Bonchev–Trinajstić information content (AvgIpc) is 1.73. The van der Waals surface area contributed by atoms with E-state index in [1.54, 1.807) is 13.8 Å². The van der Waals surface area contributed by atoms with Crippen LogP contribution >= 0.6 is 0 Å². The standard InChI is InChI=1S/C8H16N2O5/c1-7(2,5-9(12)13)4-8(3,11)6-10(14)15/h11H,4-6H2,1-3H3. The molecule has 0 spiro atoms. The maximum Gasteiger partial charge on any atom is 0.231 e. The summed E-state index contributed by atoms with van der Waals surface area (Å²) in [5, 5.41) is 30.2. The summed E-state index contributed by atoms with van der Waals surface area (Å²) in [5.41, 5.74) is -2.27. The van der Waals surface area contributed by atoms with E-state index in [1.165, 1.54) is 6.92 Å². The average molecular weight is 220 g/mol. The summed E-state index contributed by atoms with van der Waals surface area (Å²) in [6, 6.07) is 0. The molecule has 0 saturated heterocycles. The molecule has 0 amide bonds. The van der Waals surface area contributed by atoms with Gasteiger partial charge in [-0.15, -0.1) is 0 Å². The molecule has 7 nitrogen and oxygen atoms in total. The lowest BCUT2D eigenvalue weighted by Crippen LogP contribution is -2.40. The summed E-state index contributed by atoms with van der Waals surface area (Å²) in [4.78, 5) is 19.4. The lowest BCUT2D eigenvalue weighted by atomic mass is 9.81. The summed E-state index contributed by atoms with van der Waals surface area (Å²) < 4.78 is 0. The minimum Gasteiger partial charge on any atom is -0.383 e. The van der Waals surface area contributed by atoms with Gasteiger partial charge in [0, 0.05) is 15.3 Å². The van der Waals surface area contributed by atoms with Crippen LogP contribution in [0.5, 0.6) is 0 Å². The molecule has 0 rings (SSSR count). The maximum atomic E-state index is 10.3. The lowest BCUT2D eigenvalue weighted by molar-refractivity contribution is -0.508. The van der Waals surface area contributed by atoms with E-state index in [9.17, 15) is 25.3 Å². The van der Waals surface area contributed by atoms with Gasteiger partial charge in [-0.3, -0.25) is 20.2 Å². The Bertz CT molecular complexity index is 236. The van der Waals surface area contributed by atoms with E-state index in [-0.39, 0.29) is 13.0 Å². The molecule has 0 heterocycles. The van der Waals surface area contributed by atoms with Crippen LogP contribution in [0.15, 0.2) is 0 Å². The van der Waals surface area contributed by atoms with Crippen LogP contribution in [0.25, 0.3) is 0 Å². The molecule has 1 N–H and O–H groups in total. The van der Waals surface area contributed by atoms with E-state index < -0.39 is 27.4 Å².